The van der Waals surface area contributed by atoms with Gasteiger partial charge in [0.1, 0.15) is 6.61 Å². The van der Waals surface area contributed by atoms with Crippen LogP contribution < -0.4 is 20.3 Å². The number of rotatable bonds is 4. The van der Waals surface area contributed by atoms with Gasteiger partial charge in [0.05, 0.1) is 5.56 Å². The third-order valence-electron chi connectivity index (χ3n) is 4.74. The van der Waals surface area contributed by atoms with Crippen LogP contribution in [0.2, 0.25) is 0 Å². The number of hydrazine groups is 1. The van der Waals surface area contributed by atoms with Crippen LogP contribution in [0.5, 0.6) is 11.5 Å². The molecule has 1 aromatic carbocycles. The number of carbonyl (C=O) groups excluding carboxylic acids is 3. The highest BCUT2D eigenvalue weighted by molar-refractivity contribution is 7.10. The molecule has 1 aromatic heterocycles. The van der Waals surface area contributed by atoms with Crippen molar-refractivity contribution in [3.05, 3.63) is 45.6 Å². The summed E-state index contributed by atoms with van der Waals surface area (Å²) in [5.41, 5.74) is 6.05. The SMILES string of the molecule is O=C(COC(=O)c1csc2c1CCCC2)NNC(=O)[C@H]1COc2ccccc2O1. The molecule has 0 fully saturated rings. The largest absolute Gasteiger partial charge is 0.485 e. The topological polar surface area (TPSA) is 103 Å². The van der Waals surface area contributed by atoms with Crippen LogP contribution >= 0.6 is 11.3 Å². The van der Waals surface area contributed by atoms with E-state index in [1.165, 1.54) is 4.88 Å². The highest BCUT2D eigenvalue weighted by Gasteiger charge is 2.27. The number of fused-ring (bicyclic) bond motifs is 2. The molecule has 2 aromatic rings. The molecular formula is C20H20N2O6S. The number of carbonyl (C=O) groups is 3. The number of esters is 1. The zero-order chi connectivity index (χ0) is 20.2. The Kier molecular flexibility index (Phi) is 5.66. The Morgan fingerprint density at radius 3 is 2.76 bits per heavy atom. The van der Waals surface area contributed by atoms with Gasteiger partial charge in [-0.3, -0.25) is 20.4 Å². The summed E-state index contributed by atoms with van der Waals surface area (Å²) in [7, 11) is 0. The van der Waals surface area contributed by atoms with Crippen LogP contribution in [0.1, 0.15) is 33.6 Å². The minimum Gasteiger partial charge on any atom is -0.485 e. The van der Waals surface area contributed by atoms with Crippen LogP contribution in [0, 0.1) is 0 Å². The maximum atomic E-state index is 12.3. The fourth-order valence-electron chi connectivity index (χ4n) is 3.27. The summed E-state index contributed by atoms with van der Waals surface area (Å²) in [5.74, 6) is -0.716. The lowest BCUT2D eigenvalue weighted by atomic mass is 9.96. The number of benzene rings is 1. The van der Waals surface area contributed by atoms with Crippen LogP contribution in [0.15, 0.2) is 29.6 Å². The Bertz CT molecular complexity index is 941. The fourth-order valence-corrected chi connectivity index (χ4v) is 4.39. The number of thiophene rings is 1. The van der Waals surface area contributed by atoms with Crippen molar-refractivity contribution in [3.63, 3.8) is 0 Å². The van der Waals surface area contributed by atoms with Crippen molar-refractivity contribution < 1.29 is 28.6 Å². The van der Waals surface area contributed by atoms with Crippen molar-refractivity contribution in [2.75, 3.05) is 13.2 Å². The first-order chi connectivity index (χ1) is 14.1. The van der Waals surface area contributed by atoms with E-state index < -0.39 is 30.5 Å². The molecule has 9 heteroatoms. The van der Waals surface area contributed by atoms with E-state index in [0.717, 1.165) is 31.2 Å². The summed E-state index contributed by atoms with van der Waals surface area (Å²) in [6.45, 7) is -0.467. The lowest BCUT2D eigenvalue weighted by Crippen LogP contribution is -2.51. The molecule has 0 saturated carbocycles. The van der Waals surface area contributed by atoms with E-state index in [1.807, 2.05) is 0 Å². The molecule has 0 unspecified atom stereocenters. The molecule has 0 spiro atoms. The number of aryl methyl sites for hydroxylation is 1. The molecule has 0 bridgehead atoms. The second-order valence-electron chi connectivity index (χ2n) is 6.74. The Morgan fingerprint density at radius 1 is 1.10 bits per heavy atom. The standard InChI is InChI=1S/C20H20N2O6S/c23-18(10-27-20(25)13-11-29-17-8-4-1-5-12(13)17)21-22-19(24)16-9-26-14-6-2-3-7-15(14)28-16/h2-3,6-7,11,16H,1,4-5,8-10H2,(H,21,23)(H,22,24)/t16-/m1/s1. The van der Waals surface area contributed by atoms with Gasteiger partial charge in [-0.25, -0.2) is 4.79 Å². The van der Waals surface area contributed by atoms with E-state index in [1.54, 1.807) is 41.0 Å². The van der Waals surface area contributed by atoms with Gasteiger partial charge in [0, 0.05) is 10.3 Å². The van der Waals surface area contributed by atoms with E-state index >= 15 is 0 Å². The summed E-state index contributed by atoms with van der Waals surface area (Å²) in [6.07, 6.45) is 3.12. The smallest absolute Gasteiger partial charge is 0.339 e. The maximum Gasteiger partial charge on any atom is 0.339 e. The summed E-state index contributed by atoms with van der Waals surface area (Å²) in [4.78, 5) is 37.6. The van der Waals surface area contributed by atoms with Crippen molar-refractivity contribution in [2.45, 2.75) is 31.8 Å². The molecule has 152 valence electrons. The average molecular weight is 416 g/mol. The molecule has 8 nitrogen and oxygen atoms in total. The third kappa shape index (κ3) is 4.34. The molecule has 29 heavy (non-hydrogen) atoms. The van der Waals surface area contributed by atoms with Gasteiger partial charge in [0.2, 0.25) is 6.10 Å². The molecular weight excluding hydrogens is 396 g/mol. The molecule has 1 atom stereocenters. The van der Waals surface area contributed by atoms with Crippen molar-refractivity contribution in [2.24, 2.45) is 0 Å². The van der Waals surface area contributed by atoms with Crippen LogP contribution in [0.25, 0.3) is 0 Å². The molecule has 4 rings (SSSR count). The number of ether oxygens (including phenoxy) is 3. The van der Waals surface area contributed by atoms with E-state index in [-0.39, 0.29) is 6.61 Å². The van der Waals surface area contributed by atoms with Gasteiger partial charge in [-0.1, -0.05) is 12.1 Å². The molecule has 0 saturated heterocycles. The Balaban J connectivity index is 1.23. The van der Waals surface area contributed by atoms with E-state index in [9.17, 15) is 14.4 Å². The summed E-state index contributed by atoms with van der Waals surface area (Å²) >= 11 is 1.56. The maximum absolute atomic E-state index is 12.3. The number of para-hydroxylation sites is 2. The van der Waals surface area contributed by atoms with Gasteiger partial charge >= 0.3 is 5.97 Å². The number of hydrogen-bond donors (Lipinski definition) is 2. The van der Waals surface area contributed by atoms with Crippen LogP contribution in [0.4, 0.5) is 0 Å². The fraction of sp³-hybridized carbons (Fsp3) is 0.350. The summed E-state index contributed by atoms with van der Waals surface area (Å²) in [6, 6.07) is 7.00. The molecule has 2 N–H and O–H groups in total. The quantitative estimate of drug-likeness (QED) is 0.582. The third-order valence-corrected chi connectivity index (χ3v) is 5.83. The van der Waals surface area contributed by atoms with Crippen molar-refractivity contribution in [3.8, 4) is 11.5 Å². The van der Waals surface area contributed by atoms with Crippen LogP contribution in [0.3, 0.4) is 0 Å². The molecule has 0 radical (unpaired) electrons. The number of amides is 2. The lowest BCUT2D eigenvalue weighted by Gasteiger charge is -2.25. The first-order valence-electron chi connectivity index (χ1n) is 9.35. The van der Waals surface area contributed by atoms with Gasteiger partial charge in [-0.05, 0) is 43.4 Å². The van der Waals surface area contributed by atoms with Gasteiger partial charge in [-0.2, -0.15) is 0 Å². The highest BCUT2D eigenvalue weighted by Crippen LogP contribution is 2.31. The number of hydrogen-bond acceptors (Lipinski definition) is 7. The Hall–Kier alpha value is -3.07. The predicted octanol–water partition coefficient (Wildman–Crippen LogP) is 1.77. The monoisotopic (exact) mass is 416 g/mol. The lowest BCUT2D eigenvalue weighted by molar-refractivity contribution is -0.135. The van der Waals surface area contributed by atoms with Crippen molar-refractivity contribution in [1.29, 1.82) is 0 Å². The number of nitrogens with one attached hydrogen (secondary N) is 2. The van der Waals surface area contributed by atoms with E-state index in [4.69, 9.17) is 14.2 Å². The average Bonchev–Trinajstić information content (AvgIpc) is 3.19. The zero-order valence-electron chi connectivity index (χ0n) is 15.6. The van der Waals surface area contributed by atoms with Gasteiger partial charge in [0.25, 0.3) is 11.8 Å². The Labute approximate surface area is 171 Å². The van der Waals surface area contributed by atoms with Crippen LogP contribution in [-0.2, 0) is 27.2 Å². The summed E-state index contributed by atoms with van der Waals surface area (Å²) < 4.78 is 16.1. The van der Waals surface area contributed by atoms with E-state index in [2.05, 4.69) is 10.9 Å². The van der Waals surface area contributed by atoms with Gasteiger partial charge in [-0.15, -0.1) is 11.3 Å². The minimum absolute atomic E-state index is 0.0248. The van der Waals surface area contributed by atoms with Crippen LogP contribution in [-0.4, -0.2) is 37.1 Å². The molecule has 1 aliphatic carbocycles. The second kappa shape index (κ2) is 8.52. The van der Waals surface area contributed by atoms with Crippen molar-refractivity contribution in [1.82, 2.24) is 10.9 Å². The zero-order valence-corrected chi connectivity index (χ0v) is 16.4. The molecule has 2 aliphatic rings. The molecule has 2 heterocycles. The molecule has 1 aliphatic heterocycles. The van der Waals surface area contributed by atoms with E-state index in [0.29, 0.717) is 17.1 Å². The predicted molar refractivity (Wildman–Crippen MR) is 104 cm³/mol. The van der Waals surface area contributed by atoms with Gasteiger partial charge < -0.3 is 14.2 Å². The van der Waals surface area contributed by atoms with Gasteiger partial charge in [0.15, 0.2) is 18.1 Å². The minimum atomic E-state index is -0.898. The Morgan fingerprint density at radius 2 is 1.90 bits per heavy atom. The van der Waals surface area contributed by atoms with Crippen molar-refractivity contribution >= 4 is 29.1 Å². The highest BCUT2D eigenvalue weighted by atomic mass is 32.1. The normalized spacial score (nSPS) is 17.0. The summed E-state index contributed by atoms with van der Waals surface area (Å²) in [5, 5.41) is 1.79. The first-order valence-corrected chi connectivity index (χ1v) is 10.2. The molecule has 2 amide bonds. The first kappa shape index (κ1) is 19.3. The second-order valence-corrected chi connectivity index (χ2v) is 7.70.